The topological polar surface area (TPSA) is 87.8 Å². The predicted octanol–water partition coefficient (Wildman–Crippen LogP) is 1.41. The molecule has 7 heteroatoms. The third-order valence-electron chi connectivity index (χ3n) is 3.31. The fourth-order valence-corrected chi connectivity index (χ4v) is 2.37. The van der Waals surface area contributed by atoms with E-state index in [0.29, 0.717) is 11.7 Å². The monoisotopic (exact) mass is 308 g/mol. The number of nitrogens with one attached hydrogen (secondary N) is 1. The second-order valence-electron chi connectivity index (χ2n) is 5.14. The second-order valence-corrected chi connectivity index (χ2v) is 6.08. The maximum atomic E-state index is 12.0. The molecular weight excluding hydrogens is 288 g/mol. The summed E-state index contributed by atoms with van der Waals surface area (Å²) in [6.07, 6.45) is 1.66. The van der Waals surface area contributed by atoms with Crippen molar-refractivity contribution in [2.45, 2.75) is 44.9 Å². The highest BCUT2D eigenvalue weighted by molar-refractivity contribution is 7.99. The molecule has 0 aromatic carbocycles. The number of carbonyl (C=O) groups is 1. The van der Waals surface area contributed by atoms with Crippen molar-refractivity contribution in [3.63, 3.8) is 0 Å². The van der Waals surface area contributed by atoms with Crippen molar-refractivity contribution in [1.29, 1.82) is 5.26 Å². The van der Waals surface area contributed by atoms with Gasteiger partial charge in [0, 0.05) is 18.8 Å². The number of hydrogen-bond acceptors (Lipinski definition) is 5. The molecule has 21 heavy (non-hydrogen) atoms. The molecule has 0 aliphatic rings. The Kier molecular flexibility index (Phi) is 5.97. The Hall–Kier alpha value is -1.81. The van der Waals surface area contributed by atoms with Crippen LogP contribution in [0.2, 0.25) is 0 Å². The van der Waals surface area contributed by atoms with Crippen LogP contribution < -0.4 is 10.9 Å². The summed E-state index contributed by atoms with van der Waals surface area (Å²) in [5, 5.41) is 12.4. The Bertz CT molecular complexity index is 606. The molecule has 0 bridgehead atoms. The zero-order valence-corrected chi connectivity index (χ0v) is 13.5. The molecule has 1 aromatic heterocycles. The standard InChI is InChI=1S/C14H20N4O2S/c1-5-18-7-6-11(19)16-13(18)21-8-12(20)17-14(4,9-15)10(2)3/h6-7,10H,5,8H2,1-4H3,(H,17,20)/t14-/m0/s1. The van der Waals surface area contributed by atoms with Gasteiger partial charge in [0.15, 0.2) is 5.16 Å². The number of aromatic nitrogens is 2. The summed E-state index contributed by atoms with van der Waals surface area (Å²) < 4.78 is 1.80. The van der Waals surface area contributed by atoms with Gasteiger partial charge in [-0.3, -0.25) is 9.59 Å². The van der Waals surface area contributed by atoms with Crippen molar-refractivity contribution in [2.24, 2.45) is 5.92 Å². The summed E-state index contributed by atoms with van der Waals surface area (Å²) in [5.41, 5.74) is -1.22. The number of thioether (sulfide) groups is 1. The van der Waals surface area contributed by atoms with E-state index in [1.54, 1.807) is 17.7 Å². The SMILES string of the molecule is CCn1ccc(=O)nc1SCC(=O)N[C@@](C)(C#N)C(C)C. The lowest BCUT2D eigenvalue weighted by atomic mass is 9.90. The Morgan fingerprint density at radius 1 is 1.62 bits per heavy atom. The van der Waals surface area contributed by atoms with Crippen LogP contribution in [-0.2, 0) is 11.3 Å². The Balaban J connectivity index is 2.72. The van der Waals surface area contributed by atoms with Gasteiger partial charge in [-0.1, -0.05) is 25.6 Å². The first-order valence-electron chi connectivity index (χ1n) is 6.75. The van der Waals surface area contributed by atoms with Gasteiger partial charge in [-0.2, -0.15) is 10.2 Å². The van der Waals surface area contributed by atoms with Crippen LogP contribution in [0.25, 0.3) is 0 Å². The van der Waals surface area contributed by atoms with Crippen LogP contribution in [0.15, 0.2) is 22.2 Å². The van der Waals surface area contributed by atoms with Gasteiger partial charge < -0.3 is 9.88 Å². The molecule has 6 nitrogen and oxygen atoms in total. The maximum absolute atomic E-state index is 12.0. The van der Waals surface area contributed by atoms with E-state index < -0.39 is 5.54 Å². The van der Waals surface area contributed by atoms with Gasteiger partial charge >= 0.3 is 0 Å². The van der Waals surface area contributed by atoms with E-state index in [9.17, 15) is 14.9 Å². The number of aryl methyl sites for hydroxylation is 1. The summed E-state index contributed by atoms with van der Waals surface area (Å²) in [6.45, 7) is 8.05. The average Bonchev–Trinajstić information content (AvgIpc) is 2.44. The molecule has 1 rings (SSSR count). The fourth-order valence-electron chi connectivity index (χ4n) is 1.53. The highest BCUT2D eigenvalue weighted by atomic mass is 32.2. The summed E-state index contributed by atoms with van der Waals surface area (Å²) in [5.74, 6) is -0.140. The third-order valence-corrected chi connectivity index (χ3v) is 4.30. The van der Waals surface area contributed by atoms with Gasteiger partial charge in [0.25, 0.3) is 5.56 Å². The molecular formula is C14H20N4O2S. The summed E-state index contributed by atoms with van der Waals surface area (Å²) in [6, 6.07) is 3.51. The largest absolute Gasteiger partial charge is 0.337 e. The van der Waals surface area contributed by atoms with Gasteiger partial charge in [0.2, 0.25) is 5.91 Å². The normalized spacial score (nSPS) is 13.5. The van der Waals surface area contributed by atoms with Crippen molar-refractivity contribution < 1.29 is 4.79 Å². The van der Waals surface area contributed by atoms with Crippen LogP contribution in [-0.4, -0.2) is 26.8 Å². The van der Waals surface area contributed by atoms with Gasteiger partial charge in [0.1, 0.15) is 5.54 Å². The first-order chi connectivity index (χ1) is 9.82. The predicted molar refractivity (Wildman–Crippen MR) is 81.9 cm³/mol. The molecule has 1 aromatic rings. The van der Waals surface area contributed by atoms with Gasteiger partial charge in [-0.05, 0) is 19.8 Å². The molecule has 0 aliphatic heterocycles. The molecule has 0 saturated carbocycles. The van der Waals surface area contributed by atoms with Crippen molar-refractivity contribution in [1.82, 2.24) is 14.9 Å². The third kappa shape index (κ3) is 4.60. The van der Waals surface area contributed by atoms with Crippen molar-refractivity contribution in [2.75, 3.05) is 5.75 Å². The van der Waals surface area contributed by atoms with E-state index in [1.165, 1.54) is 17.8 Å². The molecule has 1 amide bonds. The van der Waals surface area contributed by atoms with E-state index in [1.807, 2.05) is 20.8 Å². The zero-order chi connectivity index (χ0) is 16.0. The first-order valence-corrected chi connectivity index (χ1v) is 7.73. The van der Waals surface area contributed by atoms with Gasteiger partial charge in [-0.15, -0.1) is 0 Å². The van der Waals surface area contributed by atoms with E-state index in [2.05, 4.69) is 16.4 Å². The van der Waals surface area contributed by atoms with Crippen LogP contribution in [0.5, 0.6) is 0 Å². The van der Waals surface area contributed by atoms with Gasteiger partial charge in [-0.25, -0.2) is 0 Å². The number of nitriles is 1. The molecule has 1 N–H and O–H groups in total. The second kappa shape index (κ2) is 7.27. The van der Waals surface area contributed by atoms with E-state index in [0.717, 1.165) is 0 Å². The molecule has 0 radical (unpaired) electrons. The highest BCUT2D eigenvalue weighted by Gasteiger charge is 2.29. The van der Waals surface area contributed by atoms with Crippen molar-refractivity contribution in [3.05, 3.63) is 22.6 Å². The number of amides is 1. The fraction of sp³-hybridized carbons (Fsp3) is 0.571. The Morgan fingerprint density at radius 2 is 2.29 bits per heavy atom. The number of carbonyl (C=O) groups excluding carboxylic acids is 1. The minimum Gasteiger partial charge on any atom is -0.337 e. The zero-order valence-electron chi connectivity index (χ0n) is 12.7. The van der Waals surface area contributed by atoms with Gasteiger partial charge in [0.05, 0.1) is 11.8 Å². The van der Waals surface area contributed by atoms with Crippen LogP contribution in [0.4, 0.5) is 0 Å². The average molecular weight is 308 g/mol. The molecule has 0 saturated heterocycles. The number of rotatable bonds is 6. The minimum absolute atomic E-state index is 0.000113. The lowest BCUT2D eigenvalue weighted by Crippen LogP contribution is -2.49. The molecule has 0 aliphatic carbocycles. The number of nitrogens with zero attached hydrogens (tertiary/aromatic N) is 3. The van der Waals surface area contributed by atoms with Crippen LogP contribution in [0.1, 0.15) is 27.7 Å². The molecule has 0 unspecified atom stereocenters. The van der Waals surface area contributed by atoms with E-state index in [-0.39, 0.29) is 23.1 Å². The smallest absolute Gasteiger partial charge is 0.273 e. The van der Waals surface area contributed by atoms with Crippen LogP contribution in [0, 0.1) is 17.2 Å². The first kappa shape index (κ1) is 17.2. The van der Waals surface area contributed by atoms with Crippen LogP contribution in [0.3, 0.4) is 0 Å². The summed E-state index contributed by atoms with van der Waals surface area (Å²) in [7, 11) is 0. The van der Waals surface area contributed by atoms with Crippen LogP contribution >= 0.6 is 11.8 Å². The lowest BCUT2D eigenvalue weighted by molar-refractivity contribution is -0.120. The van der Waals surface area contributed by atoms with E-state index in [4.69, 9.17) is 0 Å². The maximum Gasteiger partial charge on any atom is 0.273 e. The minimum atomic E-state index is -0.897. The summed E-state index contributed by atoms with van der Waals surface area (Å²) in [4.78, 5) is 27.2. The Morgan fingerprint density at radius 3 is 2.81 bits per heavy atom. The highest BCUT2D eigenvalue weighted by Crippen LogP contribution is 2.17. The molecule has 0 spiro atoms. The Labute approximate surface area is 128 Å². The molecule has 1 atom stereocenters. The lowest BCUT2D eigenvalue weighted by Gasteiger charge is -2.27. The summed E-state index contributed by atoms with van der Waals surface area (Å²) >= 11 is 1.19. The molecule has 1 heterocycles. The number of hydrogen-bond donors (Lipinski definition) is 1. The van der Waals surface area contributed by atoms with Crippen molar-refractivity contribution in [3.8, 4) is 6.07 Å². The van der Waals surface area contributed by atoms with E-state index >= 15 is 0 Å². The molecule has 114 valence electrons. The quantitative estimate of drug-likeness (QED) is 0.634. The van der Waals surface area contributed by atoms with Crippen molar-refractivity contribution >= 4 is 17.7 Å². The molecule has 0 fully saturated rings.